The van der Waals surface area contributed by atoms with Crippen molar-refractivity contribution < 1.29 is 14.3 Å². The van der Waals surface area contributed by atoms with E-state index in [0.29, 0.717) is 19.2 Å². The lowest BCUT2D eigenvalue weighted by Gasteiger charge is -2.21. The van der Waals surface area contributed by atoms with Gasteiger partial charge >= 0.3 is 0 Å². The van der Waals surface area contributed by atoms with Crippen LogP contribution in [-0.4, -0.2) is 41.8 Å². The SMILES string of the molecule is CCc1ccc(-c2cnc(NC(=O)C3COCCO3)[nH]2)cc1. The van der Waals surface area contributed by atoms with E-state index in [0.717, 1.165) is 17.7 Å². The lowest BCUT2D eigenvalue weighted by molar-refractivity contribution is -0.142. The first kappa shape index (κ1) is 14.7. The van der Waals surface area contributed by atoms with E-state index in [9.17, 15) is 4.79 Å². The Balaban J connectivity index is 1.66. The first-order chi connectivity index (χ1) is 10.8. The van der Waals surface area contributed by atoms with Gasteiger partial charge in [0.2, 0.25) is 5.95 Å². The number of carbonyl (C=O) groups is 1. The molecule has 1 saturated heterocycles. The average Bonchev–Trinajstić information content (AvgIpc) is 3.04. The average molecular weight is 301 g/mol. The fourth-order valence-electron chi connectivity index (χ4n) is 2.29. The molecule has 116 valence electrons. The van der Waals surface area contributed by atoms with E-state index in [1.54, 1.807) is 6.20 Å². The molecule has 2 aromatic rings. The summed E-state index contributed by atoms with van der Waals surface area (Å²) in [5.74, 6) is 0.163. The molecule has 1 fully saturated rings. The number of aromatic amines is 1. The molecule has 1 aliphatic rings. The van der Waals surface area contributed by atoms with E-state index in [-0.39, 0.29) is 12.5 Å². The number of aromatic nitrogens is 2. The van der Waals surface area contributed by atoms with Crippen LogP contribution in [-0.2, 0) is 20.7 Å². The van der Waals surface area contributed by atoms with Crippen LogP contribution in [0.4, 0.5) is 5.95 Å². The summed E-state index contributed by atoms with van der Waals surface area (Å²) in [6, 6.07) is 8.25. The Morgan fingerprint density at radius 2 is 2.18 bits per heavy atom. The predicted molar refractivity (Wildman–Crippen MR) is 82.6 cm³/mol. The van der Waals surface area contributed by atoms with Gasteiger partial charge in [0.15, 0.2) is 6.10 Å². The van der Waals surface area contributed by atoms with Gasteiger partial charge in [0.1, 0.15) is 0 Å². The summed E-state index contributed by atoms with van der Waals surface area (Å²) >= 11 is 0. The van der Waals surface area contributed by atoms with Crippen LogP contribution < -0.4 is 5.32 Å². The summed E-state index contributed by atoms with van der Waals surface area (Å²) in [6.45, 7) is 3.36. The third kappa shape index (κ3) is 3.35. The second-order valence-electron chi connectivity index (χ2n) is 5.12. The fourth-order valence-corrected chi connectivity index (χ4v) is 2.29. The van der Waals surface area contributed by atoms with E-state index in [2.05, 4.69) is 34.3 Å². The smallest absolute Gasteiger partial charge is 0.258 e. The van der Waals surface area contributed by atoms with Crippen LogP contribution in [0.1, 0.15) is 12.5 Å². The minimum atomic E-state index is -0.578. The maximum atomic E-state index is 12.0. The molecule has 1 amide bonds. The second-order valence-corrected chi connectivity index (χ2v) is 5.12. The highest BCUT2D eigenvalue weighted by Crippen LogP contribution is 2.19. The number of benzene rings is 1. The van der Waals surface area contributed by atoms with E-state index in [1.165, 1.54) is 5.56 Å². The monoisotopic (exact) mass is 301 g/mol. The van der Waals surface area contributed by atoms with Gasteiger partial charge in [-0.2, -0.15) is 0 Å². The van der Waals surface area contributed by atoms with Crippen molar-refractivity contribution in [1.29, 1.82) is 0 Å². The van der Waals surface area contributed by atoms with Crippen LogP contribution in [0.5, 0.6) is 0 Å². The van der Waals surface area contributed by atoms with Crippen molar-refractivity contribution in [1.82, 2.24) is 9.97 Å². The maximum absolute atomic E-state index is 12.0. The van der Waals surface area contributed by atoms with Crippen LogP contribution in [0.15, 0.2) is 30.5 Å². The van der Waals surface area contributed by atoms with E-state index >= 15 is 0 Å². The highest BCUT2D eigenvalue weighted by molar-refractivity contribution is 5.93. The van der Waals surface area contributed by atoms with Crippen LogP contribution in [0.3, 0.4) is 0 Å². The van der Waals surface area contributed by atoms with Crippen molar-refractivity contribution >= 4 is 11.9 Å². The number of imidazole rings is 1. The number of aryl methyl sites for hydroxylation is 1. The van der Waals surface area contributed by atoms with Gasteiger partial charge in [-0.15, -0.1) is 0 Å². The molecule has 22 heavy (non-hydrogen) atoms. The van der Waals surface area contributed by atoms with Gasteiger partial charge in [0, 0.05) is 0 Å². The van der Waals surface area contributed by atoms with Crippen molar-refractivity contribution in [3.63, 3.8) is 0 Å². The van der Waals surface area contributed by atoms with Crippen molar-refractivity contribution in [2.75, 3.05) is 25.1 Å². The number of hydrogen-bond donors (Lipinski definition) is 2. The summed E-state index contributed by atoms with van der Waals surface area (Å²) < 4.78 is 10.6. The predicted octanol–water partition coefficient (Wildman–Crippen LogP) is 1.99. The number of amides is 1. The van der Waals surface area contributed by atoms with E-state index in [1.807, 2.05) is 12.1 Å². The molecule has 0 spiro atoms. The van der Waals surface area contributed by atoms with E-state index < -0.39 is 6.10 Å². The van der Waals surface area contributed by atoms with E-state index in [4.69, 9.17) is 9.47 Å². The number of H-pyrrole nitrogens is 1. The molecule has 1 aliphatic heterocycles. The molecule has 1 aromatic carbocycles. The number of nitrogens with zero attached hydrogens (tertiary/aromatic N) is 1. The second kappa shape index (κ2) is 6.72. The first-order valence-corrected chi connectivity index (χ1v) is 7.41. The van der Waals surface area contributed by atoms with Gasteiger partial charge in [-0.1, -0.05) is 31.2 Å². The quantitative estimate of drug-likeness (QED) is 0.905. The molecular weight excluding hydrogens is 282 g/mol. The summed E-state index contributed by atoms with van der Waals surface area (Å²) in [5, 5.41) is 2.71. The normalized spacial score (nSPS) is 18.1. The number of hydrogen-bond acceptors (Lipinski definition) is 4. The highest BCUT2D eigenvalue weighted by atomic mass is 16.6. The van der Waals surface area contributed by atoms with Crippen LogP contribution >= 0.6 is 0 Å². The molecule has 1 aromatic heterocycles. The Morgan fingerprint density at radius 1 is 1.36 bits per heavy atom. The van der Waals surface area contributed by atoms with Crippen molar-refractivity contribution in [2.45, 2.75) is 19.4 Å². The maximum Gasteiger partial charge on any atom is 0.258 e. The molecule has 0 radical (unpaired) electrons. The van der Waals surface area contributed by atoms with Crippen LogP contribution in [0, 0.1) is 0 Å². The number of ether oxygens (including phenoxy) is 2. The minimum Gasteiger partial charge on any atom is -0.376 e. The molecule has 0 saturated carbocycles. The number of rotatable bonds is 4. The largest absolute Gasteiger partial charge is 0.376 e. The third-order valence-electron chi connectivity index (χ3n) is 3.60. The third-order valence-corrected chi connectivity index (χ3v) is 3.60. The number of anilines is 1. The van der Waals surface area contributed by atoms with Gasteiger partial charge in [-0.05, 0) is 17.5 Å². The van der Waals surface area contributed by atoms with Gasteiger partial charge < -0.3 is 14.5 Å². The zero-order valence-corrected chi connectivity index (χ0v) is 12.5. The summed E-state index contributed by atoms with van der Waals surface area (Å²) in [5.41, 5.74) is 3.17. The fraction of sp³-hybridized carbons (Fsp3) is 0.375. The Morgan fingerprint density at radius 3 is 2.86 bits per heavy atom. The van der Waals surface area contributed by atoms with Crippen molar-refractivity contribution in [3.05, 3.63) is 36.0 Å². The minimum absolute atomic E-state index is 0.248. The number of carbonyl (C=O) groups excluding carboxylic acids is 1. The molecule has 3 rings (SSSR count). The molecule has 1 atom stereocenters. The Kier molecular flexibility index (Phi) is 4.50. The Hall–Kier alpha value is -2.18. The van der Waals surface area contributed by atoms with Gasteiger partial charge in [-0.25, -0.2) is 4.98 Å². The Labute approximate surface area is 128 Å². The van der Waals surface area contributed by atoms with Gasteiger partial charge in [0.05, 0.1) is 31.7 Å². The van der Waals surface area contributed by atoms with Crippen molar-refractivity contribution in [3.8, 4) is 11.3 Å². The lowest BCUT2D eigenvalue weighted by Crippen LogP contribution is -2.39. The summed E-state index contributed by atoms with van der Waals surface area (Å²) in [7, 11) is 0. The van der Waals surface area contributed by atoms with Crippen molar-refractivity contribution in [2.24, 2.45) is 0 Å². The number of nitrogens with one attached hydrogen (secondary N) is 2. The van der Waals surface area contributed by atoms with Gasteiger partial charge in [-0.3, -0.25) is 10.1 Å². The van der Waals surface area contributed by atoms with Crippen LogP contribution in [0.25, 0.3) is 11.3 Å². The summed E-state index contributed by atoms with van der Waals surface area (Å²) in [6.07, 6.45) is 2.13. The molecular formula is C16H19N3O3. The first-order valence-electron chi connectivity index (χ1n) is 7.41. The zero-order valence-electron chi connectivity index (χ0n) is 12.5. The lowest BCUT2D eigenvalue weighted by atomic mass is 10.1. The topological polar surface area (TPSA) is 76.2 Å². The standard InChI is InChI=1S/C16H19N3O3/c1-2-11-3-5-12(6-4-11)13-9-17-16(18-13)19-15(20)14-10-21-7-8-22-14/h3-6,9,14H,2,7-8,10H2,1H3,(H2,17,18,19,20). The molecule has 0 aliphatic carbocycles. The molecule has 0 bridgehead atoms. The van der Waals surface area contributed by atoms with Gasteiger partial charge in [0.25, 0.3) is 5.91 Å². The molecule has 6 nitrogen and oxygen atoms in total. The summed E-state index contributed by atoms with van der Waals surface area (Å²) in [4.78, 5) is 19.3. The highest BCUT2D eigenvalue weighted by Gasteiger charge is 2.23. The molecule has 1 unspecified atom stereocenters. The molecule has 6 heteroatoms. The Bertz CT molecular complexity index is 630. The zero-order chi connectivity index (χ0) is 15.4. The molecule has 2 N–H and O–H groups in total. The molecule has 2 heterocycles. The van der Waals surface area contributed by atoms with Crippen LogP contribution in [0.2, 0.25) is 0 Å².